The number of nitrogens with one attached hydrogen (secondary N) is 2. The molecule has 4 aromatic rings. The van der Waals surface area contributed by atoms with Gasteiger partial charge in [-0.15, -0.1) is 0 Å². The number of hydrogen-bond donors (Lipinski definition) is 3. The zero-order valence-corrected chi connectivity index (χ0v) is 15.8. The first-order valence-electron chi connectivity index (χ1n) is 9.91. The molecule has 8 nitrogen and oxygen atoms in total. The molecule has 1 amide bonds. The monoisotopic (exact) mass is 387 g/mol. The van der Waals surface area contributed by atoms with Crippen LogP contribution in [-0.2, 0) is 0 Å². The van der Waals surface area contributed by atoms with Crippen LogP contribution in [0.1, 0.15) is 23.3 Å². The molecule has 2 atom stereocenters. The van der Waals surface area contributed by atoms with Crippen LogP contribution >= 0.6 is 0 Å². The van der Waals surface area contributed by atoms with E-state index >= 15 is 0 Å². The Morgan fingerprint density at radius 1 is 1.10 bits per heavy atom. The summed E-state index contributed by atoms with van der Waals surface area (Å²) in [6, 6.07) is 9.95. The lowest BCUT2D eigenvalue weighted by Gasteiger charge is -2.41. The predicted octanol–water partition coefficient (Wildman–Crippen LogP) is 2.51. The molecule has 4 N–H and O–H groups in total. The van der Waals surface area contributed by atoms with E-state index in [1.54, 1.807) is 6.33 Å². The summed E-state index contributed by atoms with van der Waals surface area (Å²) in [7, 11) is 0. The molecule has 0 spiro atoms. The number of aromatic nitrogens is 4. The number of carbonyl (C=O) groups is 1. The number of nitrogens with zero attached hydrogens (tertiary/aromatic N) is 4. The Labute approximate surface area is 166 Å². The van der Waals surface area contributed by atoms with Gasteiger partial charge in [-0.3, -0.25) is 4.79 Å². The highest BCUT2D eigenvalue weighted by atomic mass is 16.2. The van der Waals surface area contributed by atoms with Gasteiger partial charge in [0.25, 0.3) is 5.91 Å². The van der Waals surface area contributed by atoms with E-state index in [9.17, 15) is 4.79 Å². The quantitative estimate of drug-likeness (QED) is 0.458. The molecule has 5 heterocycles. The van der Waals surface area contributed by atoms with Crippen molar-refractivity contribution in [1.82, 2.24) is 24.8 Å². The van der Waals surface area contributed by atoms with Crippen LogP contribution in [0.5, 0.6) is 0 Å². The van der Waals surface area contributed by atoms with Crippen LogP contribution in [0, 0.1) is 0 Å². The number of anilines is 2. The van der Waals surface area contributed by atoms with E-state index in [-0.39, 0.29) is 18.0 Å². The number of benzene rings is 1. The third-order valence-corrected chi connectivity index (χ3v) is 6.22. The average molecular weight is 387 g/mol. The van der Waals surface area contributed by atoms with Crippen molar-refractivity contribution < 1.29 is 4.79 Å². The normalized spacial score (nSPS) is 21.4. The SMILES string of the molecule is Nc1ccc2[nH]c(C(=O)N3C4CCC3CN(c3ncnc5[nH]ccc35)C4)cc2c1. The number of fused-ring (bicyclic) bond motifs is 4. The van der Waals surface area contributed by atoms with Gasteiger partial charge in [0.15, 0.2) is 0 Å². The first-order chi connectivity index (χ1) is 14.2. The topological polar surface area (TPSA) is 107 Å². The lowest BCUT2D eigenvalue weighted by molar-refractivity contribution is 0.0636. The highest BCUT2D eigenvalue weighted by Crippen LogP contribution is 2.35. The van der Waals surface area contributed by atoms with Crippen LogP contribution in [0.25, 0.3) is 21.9 Å². The van der Waals surface area contributed by atoms with E-state index in [2.05, 4.69) is 29.7 Å². The molecular formula is C21H21N7O. The Balaban J connectivity index is 1.30. The minimum Gasteiger partial charge on any atom is -0.399 e. The Morgan fingerprint density at radius 3 is 2.76 bits per heavy atom. The molecule has 146 valence electrons. The summed E-state index contributed by atoms with van der Waals surface area (Å²) in [5.74, 6) is 1.02. The molecule has 2 aliphatic rings. The van der Waals surface area contributed by atoms with Gasteiger partial charge in [-0.25, -0.2) is 9.97 Å². The van der Waals surface area contributed by atoms with Crippen molar-refractivity contribution in [3.05, 3.63) is 48.5 Å². The van der Waals surface area contributed by atoms with E-state index in [1.165, 1.54) is 0 Å². The maximum Gasteiger partial charge on any atom is 0.270 e. The van der Waals surface area contributed by atoms with Crippen LogP contribution < -0.4 is 10.6 Å². The summed E-state index contributed by atoms with van der Waals surface area (Å²) >= 11 is 0. The van der Waals surface area contributed by atoms with Crippen LogP contribution in [0.4, 0.5) is 11.5 Å². The van der Waals surface area contributed by atoms with Gasteiger partial charge in [0.1, 0.15) is 23.5 Å². The molecule has 29 heavy (non-hydrogen) atoms. The molecule has 2 unspecified atom stereocenters. The lowest BCUT2D eigenvalue weighted by Crippen LogP contribution is -2.56. The number of amides is 1. The molecular weight excluding hydrogens is 366 g/mol. The second-order valence-corrected chi connectivity index (χ2v) is 7.97. The summed E-state index contributed by atoms with van der Waals surface area (Å²) < 4.78 is 0. The fourth-order valence-corrected chi connectivity index (χ4v) is 4.92. The van der Waals surface area contributed by atoms with Crippen molar-refractivity contribution in [2.45, 2.75) is 24.9 Å². The van der Waals surface area contributed by atoms with Crippen LogP contribution in [-0.4, -0.2) is 55.9 Å². The molecule has 1 aromatic carbocycles. The number of hydrogen-bond acceptors (Lipinski definition) is 5. The molecule has 2 saturated heterocycles. The van der Waals surface area contributed by atoms with Gasteiger partial charge < -0.3 is 25.5 Å². The number of nitrogen functional groups attached to an aromatic ring is 1. The van der Waals surface area contributed by atoms with E-state index in [4.69, 9.17) is 5.73 Å². The predicted molar refractivity (Wildman–Crippen MR) is 112 cm³/mol. The first kappa shape index (κ1) is 16.4. The van der Waals surface area contributed by atoms with Crippen molar-refractivity contribution in [2.24, 2.45) is 0 Å². The second-order valence-electron chi connectivity index (χ2n) is 7.97. The van der Waals surface area contributed by atoms with Gasteiger partial charge in [-0.05, 0) is 43.2 Å². The lowest BCUT2D eigenvalue weighted by atomic mass is 10.1. The number of nitrogens with two attached hydrogens (primary N) is 1. The molecule has 2 aliphatic heterocycles. The molecule has 0 aliphatic carbocycles. The van der Waals surface area contributed by atoms with Gasteiger partial charge in [-0.2, -0.15) is 0 Å². The first-order valence-corrected chi connectivity index (χ1v) is 9.91. The van der Waals surface area contributed by atoms with Gasteiger partial charge in [0, 0.05) is 35.9 Å². The summed E-state index contributed by atoms with van der Waals surface area (Å²) in [6.07, 6.45) is 5.52. The third kappa shape index (κ3) is 2.48. The zero-order chi connectivity index (χ0) is 19.5. The smallest absolute Gasteiger partial charge is 0.270 e. The summed E-state index contributed by atoms with van der Waals surface area (Å²) in [5, 5.41) is 2.00. The van der Waals surface area contributed by atoms with Crippen LogP contribution in [0.2, 0.25) is 0 Å². The van der Waals surface area contributed by atoms with E-state index < -0.39 is 0 Å². The minimum atomic E-state index is 0.0707. The molecule has 3 aromatic heterocycles. The summed E-state index contributed by atoms with van der Waals surface area (Å²) in [4.78, 5) is 33.0. The van der Waals surface area contributed by atoms with Crippen LogP contribution in [0.15, 0.2) is 42.9 Å². The maximum atomic E-state index is 13.3. The standard InChI is InChI=1S/C21H21N7O/c22-13-1-4-17-12(7-13)8-18(26-17)21(29)28-14-2-3-15(28)10-27(9-14)20-16-5-6-23-19(16)24-11-25-20/h1,4-8,11,14-15,26H,2-3,9-10,22H2,(H,23,24,25). The number of piperazine rings is 1. The maximum absolute atomic E-state index is 13.3. The van der Waals surface area contributed by atoms with Gasteiger partial charge in [0.2, 0.25) is 0 Å². The Morgan fingerprint density at radius 2 is 1.93 bits per heavy atom. The van der Waals surface area contributed by atoms with Crippen LogP contribution in [0.3, 0.4) is 0 Å². The molecule has 8 heteroatoms. The van der Waals surface area contributed by atoms with E-state index in [0.29, 0.717) is 11.4 Å². The van der Waals surface area contributed by atoms with E-state index in [0.717, 1.165) is 53.7 Å². The fourth-order valence-electron chi connectivity index (χ4n) is 4.92. The average Bonchev–Trinajstić information content (AvgIpc) is 3.42. The highest BCUT2D eigenvalue weighted by molar-refractivity contribution is 5.99. The number of carbonyl (C=O) groups excluding carboxylic acids is 1. The Hall–Kier alpha value is -3.55. The van der Waals surface area contributed by atoms with Gasteiger partial charge >= 0.3 is 0 Å². The molecule has 2 bridgehead atoms. The van der Waals surface area contributed by atoms with Gasteiger partial charge in [-0.1, -0.05) is 0 Å². The van der Waals surface area contributed by atoms with Crippen molar-refractivity contribution in [3.63, 3.8) is 0 Å². The minimum absolute atomic E-state index is 0.0707. The zero-order valence-electron chi connectivity index (χ0n) is 15.8. The Bertz CT molecular complexity index is 1230. The fraction of sp³-hybridized carbons (Fsp3) is 0.286. The van der Waals surface area contributed by atoms with Gasteiger partial charge in [0.05, 0.1) is 17.5 Å². The highest BCUT2D eigenvalue weighted by Gasteiger charge is 2.43. The third-order valence-electron chi connectivity index (χ3n) is 6.22. The molecule has 2 fully saturated rings. The van der Waals surface area contributed by atoms with E-state index in [1.807, 2.05) is 36.5 Å². The second kappa shape index (κ2) is 5.97. The van der Waals surface area contributed by atoms with Crippen molar-refractivity contribution in [1.29, 1.82) is 0 Å². The van der Waals surface area contributed by atoms with Crippen molar-refractivity contribution in [3.8, 4) is 0 Å². The number of rotatable bonds is 2. The number of aromatic amines is 2. The van der Waals surface area contributed by atoms with Crippen molar-refractivity contribution in [2.75, 3.05) is 23.7 Å². The van der Waals surface area contributed by atoms with Crippen molar-refractivity contribution >= 4 is 39.3 Å². The molecule has 6 rings (SSSR count). The Kier molecular flexibility index (Phi) is 3.38. The molecule has 0 radical (unpaired) electrons. The summed E-state index contributed by atoms with van der Waals surface area (Å²) in [6.45, 7) is 1.57. The largest absolute Gasteiger partial charge is 0.399 e. The number of H-pyrrole nitrogens is 2. The molecule has 0 saturated carbocycles. The summed E-state index contributed by atoms with van der Waals surface area (Å²) in [5.41, 5.74) is 8.99.